The average Bonchev–Trinajstić information content (AvgIpc) is 2.54. The van der Waals surface area contributed by atoms with E-state index in [1.54, 1.807) is 0 Å². The maximum atomic E-state index is 6.16. The summed E-state index contributed by atoms with van der Waals surface area (Å²) in [6, 6.07) is 14.3. The molecule has 0 spiro atoms. The molecule has 0 fully saturated rings. The number of ether oxygens (including phenoxy) is 2. The number of hydrogen-bond donors (Lipinski definition) is 0. The van der Waals surface area contributed by atoms with Gasteiger partial charge in [-0.15, -0.1) is 0 Å². The van der Waals surface area contributed by atoms with Crippen LogP contribution in [0.15, 0.2) is 70.2 Å². The van der Waals surface area contributed by atoms with E-state index in [9.17, 15) is 0 Å². The number of benzene rings is 2. The van der Waals surface area contributed by atoms with Gasteiger partial charge in [-0.1, -0.05) is 28.1 Å². The van der Waals surface area contributed by atoms with Crippen LogP contribution in [0.3, 0.4) is 0 Å². The molecular weight excluding hydrogens is 342 g/mol. The summed E-state index contributed by atoms with van der Waals surface area (Å²) in [4.78, 5) is 2.25. The van der Waals surface area contributed by atoms with Crippen LogP contribution in [0.5, 0.6) is 11.5 Å². The standard InChI is InChI=1S/C18H12BrNO2/c19-11-8-9-13-17(10-11)22-16-7-3-6-15-18(16)20(13)12-4-1-2-5-14(12)21-15/h1-2,4-6,8-10H,3,7H2. The lowest BCUT2D eigenvalue weighted by atomic mass is 10.0. The van der Waals surface area contributed by atoms with Gasteiger partial charge in [0.1, 0.15) is 11.5 Å². The minimum absolute atomic E-state index is 0.881. The first-order valence-corrected chi connectivity index (χ1v) is 8.09. The van der Waals surface area contributed by atoms with E-state index in [1.807, 2.05) is 30.3 Å². The summed E-state index contributed by atoms with van der Waals surface area (Å²) in [6.07, 6.45) is 3.98. The van der Waals surface area contributed by atoms with Gasteiger partial charge < -0.3 is 9.47 Å². The first-order valence-electron chi connectivity index (χ1n) is 7.29. The summed E-state index contributed by atoms with van der Waals surface area (Å²) in [6.45, 7) is 0. The maximum absolute atomic E-state index is 6.16. The minimum Gasteiger partial charge on any atom is -0.457 e. The molecule has 4 heteroatoms. The lowest BCUT2D eigenvalue weighted by Crippen LogP contribution is -2.32. The number of allylic oxidation sites excluding steroid dienone is 2. The number of halogens is 1. The number of rotatable bonds is 0. The van der Waals surface area contributed by atoms with Crippen LogP contribution in [0, 0.1) is 0 Å². The van der Waals surface area contributed by atoms with Crippen LogP contribution in [0.2, 0.25) is 0 Å². The molecule has 0 radical (unpaired) electrons. The van der Waals surface area contributed by atoms with Crippen LogP contribution in [0.1, 0.15) is 12.8 Å². The Morgan fingerprint density at radius 2 is 1.82 bits per heavy atom. The molecule has 108 valence electrons. The van der Waals surface area contributed by atoms with E-state index in [0.29, 0.717) is 0 Å². The fraction of sp³-hybridized carbons (Fsp3) is 0.111. The number of para-hydroxylation sites is 2. The maximum Gasteiger partial charge on any atom is 0.152 e. The Kier molecular flexibility index (Phi) is 2.47. The van der Waals surface area contributed by atoms with Crippen molar-refractivity contribution in [2.45, 2.75) is 12.8 Å². The Morgan fingerprint density at radius 3 is 2.77 bits per heavy atom. The molecule has 0 aromatic heterocycles. The molecule has 0 amide bonds. The molecule has 2 aliphatic heterocycles. The molecule has 0 N–H and O–H groups in total. The third-order valence-electron chi connectivity index (χ3n) is 4.14. The van der Waals surface area contributed by atoms with Gasteiger partial charge in [-0.2, -0.15) is 0 Å². The summed E-state index contributed by atoms with van der Waals surface area (Å²) in [7, 11) is 0. The number of hydrogen-bond acceptors (Lipinski definition) is 3. The normalized spacial score (nSPS) is 17.7. The summed E-state index contributed by atoms with van der Waals surface area (Å²) >= 11 is 3.53. The Bertz CT molecular complexity index is 869. The quantitative estimate of drug-likeness (QED) is 0.644. The second-order valence-electron chi connectivity index (χ2n) is 5.50. The Labute approximate surface area is 136 Å². The number of nitrogens with zero attached hydrogens (tertiary/aromatic N) is 1. The van der Waals surface area contributed by atoms with Crippen LogP contribution in [0.4, 0.5) is 11.4 Å². The van der Waals surface area contributed by atoms with Crippen molar-refractivity contribution >= 4 is 27.3 Å². The average molecular weight is 354 g/mol. The van der Waals surface area contributed by atoms with Crippen molar-refractivity contribution in [1.82, 2.24) is 0 Å². The predicted molar refractivity (Wildman–Crippen MR) is 88.3 cm³/mol. The smallest absolute Gasteiger partial charge is 0.152 e. The van der Waals surface area contributed by atoms with Crippen molar-refractivity contribution < 1.29 is 9.47 Å². The van der Waals surface area contributed by atoms with E-state index in [0.717, 1.165) is 57.4 Å². The van der Waals surface area contributed by atoms with Gasteiger partial charge in [0.15, 0.2) is 17.3 Å². The van der Waals surface area contributed by atoms with Crippen LogP contribution in [0.25, 0.3) is 0 Å². The van der Waals surface area contributed by atoms with E-state index in [2.05, 4.69) is 39.0 Å². The Balaban J connectivity index is 1.83. The minimum atomic E-state index is 0.881. The molecule has 0 saturated carbocycles. The Hall–Kier alpha value is -2.20. The van der Waals surface area contributed by atoms with Gasteiger partial charge in [-0.3, -0.25) is 4.90 Å². The molecule has 2 heterocycles. The number of fused-ring (bicyclic) bond motifs is 4. The van der Waals surface area contributed by atoms with Gasteiger partial charge in [-0.05, 0) is 42.8 Å². The molecule has 22 heavy (non-hydrogen) atoms. The van der Waals surface area contributed by atoms with Crippen LogP contribution >= 0.6 is 15.9 Å². The summed E-state index contributed by atoms with van der Waals surface area (Å²) < 4.78 is 13.3. The highest BCUT2D eigenvalue weighted by Gasteiger charge is 2.37. The van der Waals surface area contributed by atoms with Crippen molar-refractivity contribution in [1.29, 1.82) is 0 Å². The third-order valence-corrected chi connectivity index (χ3v) is 4.64. The zero-order valence-corrected chi connectivity index (χ0v) is 13.3. The zero-order chi connectivity index (χ0) is 14.7. The summed E-state index contributed by atoms with van der Waals surface area (Å²) in [5, 5.41) is 0. The van der Waals surface area contributed by atoms with E-state index in [-0.39, 0.29) is 0 Å². The molecular formula is C18H12BrNO2. The lowest BCUT2D eigenvalue weighted by molar-refractivity contribution is 0.350. The van der Waals surface area contributed by atoms with Gasteiger partial charge in [0.2, 0.25) is 0 Å². The van der Waals surface area contributed by atoms with E-state index < -0.39 is 0 Å². The molecule has 1 aliphatic carbocycles. The SMILES string of the molecule is Brc1ccc2c(c1)OC1=C3C(=CCC1)Oc1ccccc1N32. The van der Waals surface area contributed by atoms with Gasteiger partial charge in [0.25, 0.3) is 0 Å². The largest absolute Gasteiger partial charge is 0.457 e. The highest BCUT2D eigenvalue weighted by Crippen LogP contribution is 2.52. The summed E-state index contributed by atoms with van der Waals surface area (Å²) in [5.74, 6) is 3.65. The molecule has 0 bridgehead atoms. The molecule has 2 aromatic rings. The summed E-state index contributed by atoms with van der Waals surface area (Å²) in [5.41, 5.74) is 3.14. The monoisotopic (exact) mass is 353 g/mol. The van der Waals surface area contributed by atoms with Crippen LogP contribution < -0.4 is 14.4 Å². The molecule has 0 saturated heterocycles. The van der Waals surface area contributed by atoms with E-state index in [4.69, 9.17) is 9.47 Å². The number of anilines is 2. The second kappa shape index (κ2) is 4.40. The van der Waals surface area contributed by atoms with Gasteiger partial charge in [0.05, 0.1) is 11.4 Å². The fourth-order valence-electron chi connectivity index (χ4n) is 3.22. The second-order valence-corrected chi connectivity index (χ2v) is 6.41. The Morgan fingerprint density at radius 1 is 0.955 bits per heavy atom. The van der Waals surface area contributed by atoms with Gasteiger partial charge in [0, 0.05) is 10.9 Å². The van der Waals surface area contributed by atoms with Gasteiger partial charge >= 0.3 is 0 Å². The van der Waals surface area contributed by atoms with E-state index >= 15 is 0 Å². The first kappa shape index (κ1) is 12.4. The van der Waals surface area contributed by atoms with Crippen molar-refractivity contribution in [3.8, 4) is 11.5 Å². The third kappa shape index (κ3) is 1.61. The molecule has 0 unspecified atom stereocenters. The fourth-order valence-corrected chi connectivity index (χ4v) is 3.56. The van der Waals surface area contributed by atoms with E-state index in [1.165, 1.54) is 0 Å². The van der Waals surface area contributed by atoms with Crippen molar-refractivity contribution in [2.24, 2.45) is 0 Å². The zero-order valence-electron chi connectivity index (χ0n) is 11.7. The van der Waals surface area contributed by atoms with Crippen molar-refractivity contribution in [3.05, 3.63) is 70.2 Å². The molecule has 3 nitrogen and oxygen atoms in total. The first-order chi connectivity index (χ1) is 10.8. The van der Waals surface area contributed by atoms with Gasteiger partial charge in [-0.25, -0.2) is 0 Å². The lowest BCUT2D eigenvalue weighted by Gasteiger charge is -2.40. The van der Waals surface area contributed by atoms with Crippen molar-refractivity contribution in [3.63, 3.8) is 0 Å². The molecule has 2 aromatic carbocycles. The predicted octanol–water partition coefficient (Wildman–Crippen LogP) is 5.26. The topological polar surface area (TPSA) is 21.7 Å². The molecule has 5 rings (SSSR count). The van der Waals surface area contributed by atoms with Crippen LogP contribution in [-0.4, -0.2) is 0 Å². The highest BCUT2D eigenvalue weighted by molar-refractivity contribution is 9.10. The van der Waals surface area contributed by atoms with Crippen molar-refractivity contribution in [2.75, 3.05) is 4.90 Å². The highest BCUT2D eigenvalue weighted by atomic mass is 79.9. The molecule has 0 atom stereocenters. The molecule has 3 aliphatic rings. The van der Waals surface area contributed by atoms with Crippen LogP contribution in [-0.2, 0) is 0 Å².